The monoisotopic (exact) mass is 205 g/mol. The Hall–Kier alpha value is -1.02. The maximum atomic E-state index is 5.80. The molecule has 1 atom stereocenters. The summed E-state index contributed by atoms with van der Waals surface area (Å²) in [6, 6.07) is 6.91. The van der Waals surface area contributed by atoms with Crippen LogP contribution < -0.4 is 10.1 Å². The van der Waals surface area contributed by atoms with Crippen molar-refractivity contribution < 1.29 is 4.74 Å². The van der Waals surface area contributed by atoms with Crippen molar-refractivity contribution in [2.45, 2.75) is 32.2 Å². The molecule has 0 bridgehead atoms. The highest BCUT2D eigenvalue weighted by molar-refractivity contribution is 5.44. The van der Waals surface area contributed by atoms with Crippen molar-refractivity contribution in [1.82, 2.24) is 5.32 Å². The van der Waals surface area contributed by atoms with Gasteiger partial charge in [-0.15, -0.1) is 0 Å². The fraction of sp³-hybridized carbons (Fsp3) is 0.538. The van der Waals surface area contributed by atoms with Gasteiger partial charge in [-0.2, -0.15) is 0 Å². The number of hydrogen-bond donors (Lipinski definition) is 1. The first-order valence-electron chi connectivity index (χ1n) is 5.78. The van der Waals surface area contributed by atoms with E-state index in [0.717, 1.165) is 31.6 Å². The molecule has 0 saturated carbocycles. The summed E-state index contributed by atoms with van der Waals surface area (Å²) in [5.41, 5.74) is 2.68. The zero-order valence-electron chi connectivity index (χ0n) is 9.55. The summed E-state index contributed by atoms with van der Waals surface area (Å²) in [7, 11) is 2.01. The van der Waals surface area contributed by atoms with E-state index in [1.54, 1.807) is 0 Å². The van der Waals surface area contributed by atoms with Crippen LogP contribution in [0.5, 0.6) is 5.75 Å². The van der Waals surface area contributed by atoms with Crippen LogP contribution in [-0.4, -0.2) is 13.7 Å². The van der Waals surface area contributed by atoms with E-state index in [1.165, 1.54) is 11.1 Å². The molecule has 1 aromatic carbocycles. The van der Waals surface area contributed by atoms with Crippen LogP contribution in [0.4, 0.5) is 0 Å². The van der Waals surface area contributed by atoms with E-state index in [4.69, 9.17) is 4.74 Å². The molecule has 15 heavy (non-hydrogen) atoms. The van der Waals surface area contributed by atoms with Crippen molar-refractivity contribution in [3.8, 4) is 5.75 Å². The molecule has 1 aliphatic rings. The molecule has 0 spiro atoms. The largest absolute Gasteiger partial charge is 0.493 e. The number of aryl methyl sites for hydroxylation is 1. The van der Waals surface area contributed by atoms with E-state index >= 15 is 0 Å². The maximum Gasteiger partial charge on any atom is 0.127 e. The molecule has 1 N–H and O–H groups in total. The highest BCUT2D eigenvalue weighted by Crippen LogP contribution is 2.33. The van der Waals surface area contributed by atoms with Gasteiger partial charge in [-0.1, -0.05) is 25.1 Å². The fourth-order valence-electron chi connectivity index (χ4n) is 2.27. The van der Waals surface area contributed by atoms with Gasteiger partial charge in [0.15, 0.2) is 0 Å². The third kappa shape index (κ3) is 2.00. The highest BCUT2D eigenvalue weighted by Gasteiger charge is 2.18. The number of ether oxygens (including phenoxy) is 1. The predicted molar refractivity (Wildman–Crippen MR) is 62.3 cm³/mol. The van der Waals surface area contributed by atoms with Crippen LogP contribution in [0.25, 0.3) is 0 Å². The van der Waals surface area contributed by atoms with Gasteiger partial charge in [0.2, 0.25) is 0 Å². The van der Waals surface area contributed by atoms with Gasteiger partial charge < -0.3 is 10.1 Å². The SMILES string of the molecule is CCC(NC)c1cccc2c1OCCC2. The lowest BCUT2D eigenvalue weighted by molar-refractivity contribution is 0.281. The topological polar surface area (TPSA) is 21.3 Å². The summed E-state index contributed by atoms with van der Waals surface area (Å²) in [6.07, 6.45) is 3.40. The molecule has 0 aromatic heterocycles. The van der Waals surface area contributed by atoms with E-state index in [2.05, 4.69) is 30.4 Å². The van der Waals surface area contributed by atoms with Crippen molar-refractivity contribution in [2.75, 3.05) is 13.7 Å². The van der Waals surface area contributed by atoms with E-state index in [1.807, 2.05) is 7.05 Å². The second kappa shape index (κ2) is 4.67. The molecule has 2 heteroatoms. The minimum atomic E-state index is 0.415. The third-order valence-corrected chi connectivity index (χ3v) is 3.10. The summed E-state index contributed by atoms with van der Waals surface area (Å²) in [6.45, 7) is 3.06. The van der Waals surface area contributed by atoms with Gasteiger partial charge in [-0.3, -0.25) is 0 Å². The Kier molecular flexibility index (Phi) is 3.27. The minimum Gasteiger partial charge on any atom is -0.493 e. The Balaban J connectivity index is 2.38. The second-order valence-corrected chi connectivity index (χ2v) is 4.04. The Morgan fingerprint density at radius 2 is 2.33 bits per heavy atom. The number of hydrogen-bond acceptors (Lipinski definition) is 2. The van der Waals surface area contributed by atoms with Crippen LogP contribution in [0.3, 0.4) is 0 Å². The van der Waals surface area contributed by atoms with E-state index in [0.29, 0.717) is 6.04 Å². The summed E-state index contributed by atoms with van der Waals surface area (Å²) in [5, 5.41) is 3.34. The third-order valence-electron chi connectivity index (χ3n) is 3.10. The molecule has 0 saturated heterocycles. The summed E-state index contributed by atoms with van der Waals surface area (Å²) >= 11 is 0. The minimum absolute atomic E-state index is 0.415. The van der Waals surface area contributed by atoms with E-state index in [-0.39, 0.29) is 0 Å². The van der Waals surface area contributed by atoms with Gasteiger partial charge >= 0.3 is 0 Å². The molecular formula is C13H19NO. The molecule has 1 aromatic rings. The average Bonchev–Trinajstić information content (AvgIpc) is 2.31. The first-order valence-corrected chi connectivity index (χ1v) is 5.78. The normalized spacial score (nSPS) is 16.7. The summed E-state index contributed by atoms with van der Waals surface area (Å²) < 4.78 is 5.80. The van der Waals surface area contributed by atoms with Crippen molar-refractivity contribution in [2.24, 2.45) is 0 Å². The van der Waals surface area contributed by atoms with Gasteiger partial charge in [-0.25, -0.2) is 0 Å². The van der Waals surface area contributed by atoms with Crippen LogP contribution in [-0.2, 0) is 6.42 Å². The van der Waals surface area contributed by atoms with Gasteiger partial charge in [-0.05, 0) is 31.9 Å². The van der Waals surface area contributed by atoms with Gasteiger partial charge in [0.25, 0.3) is 0 Å². The second-order valence-electron chi connectivity index (χ2n) is 4.04. The lowest BCUT2D eigenvalue weighted by Gasteiger charge is -2.24. The molecule has 0 aliphatic carbocycles. The first-order chi connectivity index (χ1) is 7.36. The van der Waals surface area contributed by atoms with Gasteiger partial charge in [0, 0.05) is 11.6 Å². The van der Waals surface area contributed by atoms with Gasteiger partial charge in [0.05, 0.1) is 6.61 Å². The van der Waals surface area contributed by atoms with Crippen molar-refractivity contribution in [1.29, 1.82) is 0 Å². The molecule has 2 nitrogen and oxygen atoms in total. The standard InChI is InChI=1S/C13H19NO/c1-3-12(14-2)11-8-4-6-10-7-5-9-15-13(10)11/h4,6,8,12,14H,3,5,7,9H2,1-2H3. The van der Waals surface area contributed by atoms with E-state index < -0.39 is 0 Å². The molecule has 1 aliphatic heterocycles. The molecule has 82 valence electrons. The number of benzene rings is 1. The number of nitrogens with one attached hydrogen (secondary N) is 1. The molecule has 0 fully saturated rings. The lowest BCUT2D eigenvalue weighted by atomic mass is 9.97. The van der Waals surface area contributed by atoms with Crippen molar-refractivity contribution in [3.05, 3.63) is 29.3 Å². The molecule has 1 heterocycles. The zero-order valence-corrected chi connectivity index (χ0v) is 9.55. The maximum absolute atomic E-state index is 5.80. The van der Waals surface area contributed by atoms with Crippen LogP contribution in [0.15, 0.2) is 18.2 Å². The average molecular weight is 205 g/mol. The Morgan fingerprint density at radius 3 is 3.07 bits per heavy atom. The molecule has 1 unspecified atom stereocenters. The number of rotatable bonds is 3. The molecule has 2 rings (SSSR count). The predicted octanol–water partition coefficient (Wildman–Crippen LogP) is 2.68. The van der Waals surface area contributed by atoms with Crippen LogP contribution in [0.1, 0.15) is 36.9 Å². The lowest BCUT2D eigenvalue weighted by Crippen LogP contribution is -2.19. The highest BCUT2D eigenvalue weighted by atomic mass is 16.5. The summed E-state index contributed by atoms with van der Waals surface area (Å²) in [5.74, 6) is 1.13. The smallest absolute Gasteiger partial charge is 0.127 e. The number of fused-ring (bicyclic) bond motifs is 1. The van der Waals surface area contributed by atoms with Crippen LogP contribution >= 0.6 is 0 Å². The number of para-hydroxylation sites is 1. The Bertz CT molecular complexity index is 331. The zero-order chi connectivity index (χ0) is 10.7. The van der Waals surface area contributed by atoms with E-state index in [9.17, 15) is 0 Å². The quantitative estimate of drug-likeness (QED) is 0.819. The van der Waals surface area contributed by atoms with Crippen molar-refractivity contribution in [3.63, 3.8) is 0 Å². The first kappa shape index (κ1) is 10.5. The van der Waals surface area contributed by atoms with Crippen molar-refractivity contribution >= 4 is 0 Å². The van der Waals surface area contributed by atoms with Crippen LogP contribution in [0.2, 0.25) is 0 Å². The molecule has 0 amide bonds. The van der Waals surface area contributed by atoms with Crippen LogP contribution in [0, 0.1) is 0 Å². The molecule has 0 radical (unpaired) electrons. The molecular weight excluding hydrogens is 186 g/mol. The van der Waals surface area contributed by atoms with Gasteiger partial charge in [0.1, 0.15) is 5.75 Å². The Labute approximate surface area is 91.6 Å². The fourth-order valence-corrected chi connectivity index (χ4v) is 2.27. The Morgan fingerprint density at radius 1 is 1.47 bits per heavy atom. The summed E-state index contributed by atoms with van der Waals surface area (Å²) in [4.78, 5) is 0.